The first kappa shape index (κ1) is 20.2. The summed E-state index contributed by atoms with van der Waals surface area (Å²) in [7, 11) is 1.51. The minimum atomic E-state index is -0.161. The minimum Gasteiger partial charge on any atom is -0.504 e. The van der Waals surface area contributed by atoms with E-state index in [0.29, 0.717) is 20.6 Å². The lowest BCUT2D eigenvalue weighted by Gasteiger charge is -2.30. The van der Waals surface area contributed by atoms with Gasteiger partial charge in [0, 0.05) is 16.0 Å². The Hall–Kier alpha value is -3.42. The quantitative estimate of drug-likeness (QED) is 0.488. The van der Waals surface area contributed by atoms with E-state index < -0.39 is 0 Å². The van der Waals surface area contributed by atoms with E-state index in [1.54, 1.807) is 35.6 Å². The average molecular weight is 473 g/mol. The Balaban J connectivity index is 1.62. The van der Waals surface area contributed by atoms with Crippen LogP contribution in [0.15, 0.2) is 75.3 Å². The molecule has 0 amide bonds. The highest BCUT2D eigenvalue weighted by molar-refractivity contribution is 7.10. The average Bonchev–Trinajstić information content (AvgIpc) is 3.48. The maximum absolute atomic E-state index is 13.7. The highest BCUT2D eigenvalue weighted by Gasteiger charge is 2.33. The van der Waals surface area contributed by atoms with Crippen LogP contribution >= 0.6 is 22.7 Å². The van der Waals surface area contributed by atoms with Crippen LogP contribution in [0.4, 0.5) is 0 Å². The molecule has 0 saturated heterocycles. The number of hydrogen-bond acceptors (Lipinski definition) is 6. The third-order valence-corrected chi connectivity index (χ3v) is 8.13. The molecule has 3 heterocycles. The van der Waals surface area contributed by atoms with Gasteiger partial charge in [-0.25, -0.2) is 4.99 Å². The van der Waals surface area contributed by atoms with E-state index in [-0.39, 0.29) is 17.4 Å². The lowest BCUT2D eigenvalue weighted by molar-refractivity contribution is 0.373. The number of fused-ring (bicyclic) bond motifs is 3. The second kappa shape index (κ2) is 7.86. The number of thiophene rings is 1. The number of para-hydroxylation sites is 1. The molecule has 1 N–H and O–H groups in total. The van der Waals surface area contributed by atoms with E-state index in [9.17, 15) is 9.90 Å². The molecule has 5 nitrogen and oxygen atoms in total. The second-order valence-corrected chi connectivity index (χ2v) is 10.0. The molecule has 33 heavy (non-hydrogen) atoms. The lowest BCUT2D eigenvalue weighted by Crippen LogP contribution is -2.38. The molecule has 0 fully saturated rings. The predicted molar refractivity (Wildman–Crippen MR) is 132 cm³/mol. The standard InChI is InChI=1S/C26H20N2O3S2/c1-31-19-9-4-7-16(24(19)29)14-21-25(30)28-23(20-10-5-13-32-20)18-12-11-15-6-2-3-8-17(15)22(18)27-26(28)33-21/h2-10,13-14,23,29H,11-12H2,1H3/t23-/m0/s1. The number of nitrogens with zero attached hydrogens (tertiary/aromatic N) is 2. The van der Waals surface area contributed by atoms with E-state index in [1.807, 2.05) is 16.7 Å². The Kier molecular flexibility index (Phi) is 4.81. The number of benzene rings is 2. The Labute approximate surface area is 197 Å². The van der Waals surface area contributed by atoms with E-state index in [1.165, 1.54) is 29.6 Å². The van der Waals surface area contributed by atoms with Gasteiger partial charge in [-0.05, 0) is 47.6 Å². The zero-order valence-corrected chi connectivity index (χ0v) is 19.5. The normalized spacial score (nSPS) is 17.2. The van der Waals surface area contributed by atoms with E-state index in [4.69, 9.17) is 9.73 Å². The molecule has 1 atom stereocenters. The SMILES string of the molecule is COc1cccc(C=c2sc3n(c2=O)[C@H](c2cccs2)C2=C(N=3)c3ccccc3CC2)c1O. The largest absolute Gasteiger partial charge is 0.504 e. The van der Waals surface area contributed by atoms with Gasteiger partial charge in [0.15, 0.2) is 16.3 Å². The molecule has 2 aromatic carbocycles. The van der Waals surface area contributed by atoms with Crippen LogP contribution in [-0.4, -0.2) is 16.8 Å². The van der Waals surface area contributed by atoms with Gasteiger partial charge in [0.1, 0.15) is 0 Å². The first-order valence-corrected chi connectivity index (χ1v) is 12.4. The van der Waals surface area contributed by atoms with Gasteiger partial charge in [0.2, 0.25) is 0 Å². The van der Waals surface area contributed by atoms with Gasteiger partial charge in [-0.2, -0.15) is 0 Å². The van der Waals surface area contributed by atoms with Crippen molar-refractivity contribution in [2.24, 2.45) is 4.99 Å². The monoisotopic (exact) mass is 472 g/mol. The molecule has 0 saturated carbocycles. The molecule has 0 spiro atoms. The molecule has 0 bridgehead atoms. The predicted octanol–water partition coefficient (Wildman–Crippen LogP) is 4.09. The minimum absolute atomic E-state index is 0.0221. The van der Waals surface area contributed by atoms with Crippen LogP contribution in [0.25, 0.3) is 11.8 Å². The summed E-state index contributed by atoms with van der Waals surface area (Å²) in [6.45, 7) is 0. The van der Waals surface area contributed by atoms with Crippen molar-refractivity contribution in [1.29, 1.82) is 0 Å². The van der Waals surface area contributed by atoms with Crippen LogP contribution in [0.1, 0.15) is 34.0 Å². The second-order valence-electron chi connectivity index (χ2n) is 8.03. The lowest BCUT2D eigenvalue weighted by atomic mass is 9.85. The molecule has 4 aromatic rings. The summed E-state index contributed by atoms with van der Waals surface area (Å²) in [5, 5.41) is 12.6. The first-order valence-electron chi connectivity index (χ1n) is 10.7. The number of aromatic hydroxyl groups is 1. The van der Waals surface area contributed by atoms with Gasteiger partial charge in [-0.1, -0.05) is 53.8 Å². The van der Waals surface area contributed by atoms with E-state index >= 15 is 0 Å². The number of methoxy groups -OCH3 is 1. The van der Waals surface area contributed by atoms with Gasteiger partial charge in [0.25, 0.3) is 5.56 Å². The number of aromatic nitrogens is 1. The number of rotatable bonds is 3. The molecule has 164 valence electrons. The molecular formula is C26H20N2O3S2. The van der Waals surface area contributed by atoms with Gasteiger partial charge >= 0.3 is 0 Å². The fraction of sp³-hybridized carbons (Fsp3) is 0.154. The molecule has 7 heteroatoms. The van der Waals surface area contributed by atoms with Crippen molar-refractivity contribution in [3.63, 3.8) is 0 Å². The first-order chi connectivity index (χ1) is 16.2. The number of allylic oxidation sites excluding steroid dienone is 1. The molecular weight excluding hydrogens is 452 g/mol. The van der Waals surface area contributed by atoms with Crippen molar-refractivity contribution in [1.82, 2.24) is 4.57 Å². The third-order valence-electron chi connectivity index (χ3n) is 6.22. The maximum atomic E-state index is 13.7. The van der Waals surface area contributed by atoms with Crippen molar-refractivity contribution in [3.05, 3.63) is 107 Å². The molecule has 0 radical (unpaired) electrons. The summed E-state index contributed by atoms with van der Waals surface area (Å²) >= 11 is 3.02. The topological polar surface area (TPSA) is 63.8 Å². The number of thiazole rings is 1. The van der Waals surface area contributed by atoms with Crippen LogP contribution in [0.2, 0.25) is 0 Å². The number of hydrogen-bond donors (Lipinski definition) is 1. The summed E-state index contributed by atoms with van der Waals surface area (Å²) in [6, 6.07) is 17.6. The molecule has 6 rings (SSSR count). The fourth-order valence-corrected chi connectivity index (χ4v) is 6.52. The Morgan fingerprint density at radius 3 is 2.82 bits per heavy atom. The van der Waals surface area contributed by atoms with Crippen molar-refractivity contribution in [2.75, 3.05) is 7.11 Å². The highest BCUT2D eigenvalue weighted by atomic mass is 32.1. The molecule has 1 aliphatic carbocycles. The smallest absolute Gasteiger partial charge is 0.271 e. The number of phenols is 1. The fourth-order valence-electron chi connectivity index (χ4n) is 4.68. The molecule has 1 aliphatic heterocycles. The van der Waals surface area contributed by atoms with Crippen LogP contribution < -0.4 is 19.6 Å². The van der Waals surface area contributed by atoms with Gasteiger partial charge in [-0.3, -0.25) is 9.36 Å². The van der Waals surface area contributed by atoms with Crippen LogP contribution in [0.3, 0.4) is 0 Å². The Morgan fingerprint density at radius 1 is 1.12 bits per heavy atom. The number of aryl methyl sites for hydroxylation is 1. The van der Waals surface area contributed by atoms with Crippen LogP contribution in [0.5, 0.6) is 11.5 Å². The van der Waals surface area contributed by atoms with Crippen molar-refractivity contribution in [3.8, 4) is 11.5 Å². The van der Waals surface area contributed by atoms with E-state index in [0.717, 1.165) is 29.0 Å². The van der Waals surface area contributed by atoms with Crippen molar-refractivity contribution >= 4 is 34.4 Å². The summed E-state index contributed by atoms with van der Waals surface area (Å²) < 4.78 is 7.58. The molecule has 0 unspecified atom stereocenters. The molecule has 2 aliphatic rings. The Bertz CT molecular complexity index is 1590. The van der Waals surface area contributed by atoms with Crippen LogP contribution in [0, 0.1) is 0 Å². The van der Waals surface area contributed by atoms with Crippen molar-refractivity contribution < 1.29 is 9.84 Å². The zero-order valence-electron chi connectivity index (χ0n) is 17.8. The van der Waals surface area contributed by atoms with Crippen LogP contribution in [-0.2, 0) is 6.42 Å². The van der Waals surface area contributed by atoms with Gasteiger partial charge in [-0.15, -0.1) is 11.3 Å². The molecule has 2 aromatic heterocycles. The zero-order chi connectivity index (χ0) is 22.5. The maximum Gasteiger partial charge on any atom is 0.271 e. The third kappa shape index (κ3) is 3.19. The van der Waals surface area contributed by atoms with Gasteiger partial charge in [0.05, 0.1) is 23.4 Å². The number of ether oxygens (including phenoxy) is 1. The summed E-state index contributed by atoms with van der Waals surface area (Å²) in [5.74, 6) is 0.397. The highest BCUT2D eigenvalue weighted by Crippen LogP contribution is 2.42. The van der Waals surface area contributed by atoms with Gasteiger partial charge < -0.3 is 9.84 Å². The summed E-state index contributed by atoms with van der Waals surface area (Å²) in [4.78, 5) is 20.5. The number of phenolic OH excluding ortho intramolecular Hbond substituents is 1. The Morgan fingerprint density at radius 2 is 2.00 bits per heavy atom. The summed E-state index contributed by atoms with van der Waals surface area (Å²) in [6.07, 6.45) is 3.54. The summed E-state index contributed by atoms with van der Waals surface area (Å²) in [5.41, 5.74) is 5.09. The van der Waals surface area contributed by atoms with E-state index in [2.05, 4.69) is 29.6 Å². The van der Waals surface area contributed by atoms with Crippen molar-refractivity contribution in [2.45, 2.75) is 18.9 Å².